The van der Waals surface area contributed by atoms with E-state index in [4.69, 9.17) is 0 Å². The number of rotatable bonds is 7. The lowest BCUT2D eigenvalue weighted by molar-refractivity contribution is 0.660. The second-order valence-corrected chi connectivity index (χ2v) is 13.1. The summed E-state index contributed by atoms with van der Waals surface area (Å²) in [6, 6.07) is 63.3. The highest BCUT2D eigenvalue weighted by Crippen LogP contribution is 2.51. The van der Waals surface area contributed by atoms with Crippen LogP contribution in [-0.2, 0) is 5.41 Å². The molecule has 230 valence electrons. The van der Waals surface area contributed by atoms with Gasteiger partial charge in [0.15, 0.2) is 0 Å². The minimum Gasteiger partial charge on any atom is -0.310 e. The Labute approximate surface area is 284 Å². The van der Waals surface area contributed by atoms with Gasteiger partial charge in [-0.15, -0.1) is 0 Å². The van der Waals surface area contributed by atoms with Crippen molar-refractivity contribution in [3.05, 3.63) is 198 Å². The fourth-order valence-electron chi connectivity index (χ4n) is 7.05. The van der Waals surface area contributed by atoms with E-state index in [1.807, 2.05) is 0 Å². The summed E-state index contributed by atoms with van der Waals surface area (Å²) in [6.45, 7) is 4.71. The molecule has 8 rings (SSSR count). The molecule has 7 aromatic carbocycles. The summed E-state index contributed by atoms with van der Waals surface area (Å²) in [5.41, 5.74) is 16.1. The SMILES string of the molecule is CC1(C)c2cc(C=Cc3ccc(-c4ccc(-c5ccccc5)cc4)cc3)ccc2-c2ccc(N(c3ccccc3)c3ccccc3)cc21. The van der Waals surface area contributed by atoms with E-state index >= 15 is 0 Å². The van der Waals surface area contributed by atoms with Gasteiger partial charge in [0.1, 0.15) is 0 Å². The van der Waals surface area contributed by atoms with Crippen LogP contribution < -0.4 is 4.90 Å². The Hall–Kier alpha value is -5.92. The van der Waals surface area contributed by atoms with Crippen LogP contribution >= 0.6 is 0 Å². The van der Waals surface area contributed by atoms with Crippen LogP contribution in [0.4, 0.5) is 17.1 Å². The van der Waals surface area contributed by atoms with E-state index in [1.54, 1.807) is 0 Å². The Bertz CT molecular complexity index is 2170. The lowest BCUT2D eigenvalue weighted by Crippen LogP contribution is -2.16. The maximum Gasteiger partial charge on any atom is 0.0465 e. The van der Waals surface area contributed by atoms with E-state index in [0.29, 0.717) is 0 Å². The third-order valence-electron chi connectivity index (χ3n) is 9.67. The van der Waals surface area contributed by atoms with E-state index in [2.05, 4.69) is 207 Å². The number of para-hydroxylation sites is 2. The van der Waals surface area contributed by atoms with Crippen molar-refractivity contribution in [1.82, 2.24) is 0 Å². The minimum absolute atomic E-state index is 0.124. The zero-order valence-corrected chi connectivity index (χ0v) is 27.3. The van der Waals surface area contributed by atoms with Gasteiger partial charge in [0.05, 0.1) is 0 Å². The Kier molecular flexibility index (Phi) is 7.59. The number of benzene rings is 7. The van der Waals surface area contributed by atoms with Crippen molar-refractivity contribution >= 4 is 29.2 Å². The molecule has 0 amide bonds. The maximum atomic E-state index is 2.39. The van der Waals surface area contributed by atoms with Gasteiger partial charge in [-0.1, -0.05) is 166 Å². The number of fused-ring (bicyclic) bond motifs is 3. The summed E-state index contributed by atoms with van der Waals surface area (Å²) < 4.78 is 0. The Morgan fingerprint density at radius 3 is 1.35 bits per heavy atom. The Balaban J connectivity index is 1.04. The van der Waals surface area contributed by atoms with Gasteiger partial charge in [-0.3, -0.25) is 0 Å². The van der Waals surface area contributed by atoms with Gasteiger partial charge >= 0.3 is 0 Å². The molecule has 48 heavy (non-hydrogen) atoms. The van der Waals surface area contributed by atoms with Crippen LogP contribution in [0.1, 0.15) is 36.1 Å². The van der Waals surface area contributed by atoms with Crippen LogP contribution in [-0.4, -0.2) is 0 Å². The summed E-state index contributed by atoms with van der Waals surface area (Å²) in [4.78, 5) is 2.35. The predicted octanol–water partition coefficient (Wildman–Crippen LogP) is 13.0. The van der Waals surface area contributed by atoms with Crippen molar-refractivity contribution in [1.29, 1.82) is 0 Å². The van der Waals surface area contributed by atoms with E-state index < -0.39 is 0 Å². The molecule has 0 fully saturated rings. The van der Waals surface area contributed by atoms with Crippen LogP contribution in [0.5, 0.6) is 0 Å². The predicted molar refractivity (Wildman–Crippen MR) is 205 cm³/mol. The molecule has 1 aliphatic carbocycles. The summed E-state index contributed by atoms with van der Waals surface area (Å²) in [5, 5.41) is 0. The second-order valence-electron chi connectivity index (χ2n) is 13.1. The lowest BCUT2D eigenvalue weighted by atomic mass is 9.81. The highest BCUT2D eigenvalue weighted by Gasteiger charge is 2.36. The summed E-state index contributed by atoms with van der Waals surface area (Å²) in [7, 11) is 0. The van der Waals surface area contributed by atoms with Gasteiger partial charge < -0.3 is 4.90 Å². The molecular formula is C47H37N. The molecule has 0 saturated heterocycles. The molecule has 0 bridgehead atoms. The second kappa shape index (κ2) is 12.4. The van der Waals surface area contributed by atoms with E-state index in [-0.39, 0.29) is 5.41 Å². The van der Waals surface area contributed by atoms with Crippen molar-refractivity contribution in [2.24, 2.45) is 0 Å². The highest BCUT2D eigenvalue weighted by molar-refractivity contribution is 5.87. The fourth-order valence-corrected chi connectivity index (χ4v) is 7.05. The van der Waals surface area contributed by atoms with Gasteiger partial charge in [-0.2, -0.15) is 0 Å². The first-order chi connectivity index (χ1) is 23.5. The maximum absolute atomic E-state index is 2.39. The average molecular weight is 616 g/mol. The molecule has 0 N–H and O–H groups in total. The van der Waals surface area contributed by atoms with Crippen molar-refractivity contribution in [3.63, 3.8) is 0 Å². The zero-order chi connectivity index (χ0) is 32.5. The molecule has 0 saturated carbocycles. The molecule has 0 radical (unpaired) electrons. The first-order valence-corrected chi connectivity index (χ1v) is 16.7. The van der Waals surface area contributed by atoms with Crippen LogP contribution in [0.2, 0.25) is 0 Å². The molecular weight excluding hydrogens is 579 g/mol. The number of nitrogens with zero attached hydrogens (tertiary/aromatic N) is 1. The van der Waals surface area contributed by atoms with E-state index in [9.17, 15) is 0 Å². The zero-order valence-electron chi connectivity index (χ0n) is 27.3. The summed E-state index contributed by atoms with van der Waals surface area (Å²) >= 11 is 0. The van der Waals surface area contributed by atoms with Gasteiger partial charge in [0.25, 0.3) is 0 Å². The van der Waals surface area contributed by atoms with Gasteiger partial charge in [0, 0.05) is 22.5 Å². The minimum atomic E-state index is -0.124. The fraction of sp³-hybridized carbons (Fsp3) is 0.0638. The molecule has 7 aromatic rings. The molecule has 1 heteroatoms. The molecule has 0 spiro atoms. The molecule has 1 nitrogen and oxygen atoms in total. The van der Waals surface area contributed by atoms with E-state index in [1.165, 1.54) is 61.3 Å². The standard InChI is InChI=1S/C47H37N/c1-47(2)45-32-35(19-18-34-20-23-37(24-21-34)39-27-25-38(26-28-39)36-12-6-3-7-13-36)22-30-43(45)44-31-29-42(33-46(44)47)48(40-14-8-4-9-15-40)41-16-10-5-11-17-41/h3-33H,1-2H3. The average Bonchev–Trinajstić information content (AvgIpc) is 3.37. The summed E-state index contributed by atoms with van der Waals surface area (Å²) in [6.07, 6.45) is 4.45. The number of anilines is 3. The van der Waals surface area contributed by atoms with Crippen LogP contribution in [0.3, 0.4) is 0 Å². The van der Waals surface area contributed by atoms with E-state index in [0.717, 1.165) is 11.4 Å². The normalized spacial score (nSPS) is 12.9. The van der Waals surface area contributed by atoms with Crippen LogP contribution in [0.25, 0.3) is 45.5 Å². The first-order valence-electron chi connectivity index (χ1n) is 16.7. The smallest absolute Gasteiger partial charge is 0.0465 e. The van der Waals surface area contributed by atoms with Gasteiger partial charge in [0.2, 0.25) is 0 Å². The molecule has 1 aliphatic rings. The van der Waals surface area contributed by atoms with Crippen molar-refractivity contribution in [2.75, 3.05) is 4.90 Å². The Morgan fingerprint density at radius 2 is 0.792 bits per heavy atom. The van der Waals surface area contributed by atoms with Crippen molar-refractivity contribution < 1.29 is 0 Å². The molecule has 0 aromatic heterocycles. The van der Waals surface area contributed by atoms with Crippen LogP contribution in [0, 0.1) is 0 Å². The monoisotopic (exact) mass is 615 g/mol. The third kappa shape index (κ3) is 5.54. The molecule has 0 heterocycles. The Morgan fingerprint density at radius 1 is 0.375 bits per heavy atom. The van der Waals surface area contributed by atoms with Crippen LogP contribution in [0.15, 0.2) is 176 Å². The van der Waals surface area contributed by atoms with Gasteiger partial charge in [-0.25, -0.2) is 0 Å². The summed E-state index contributed by atoms with van der Waals surface area (Å²) in [5.74, 6) is 0. The third-order valence-corrected chi connectivity index (χ3v) is 9.67. The van der Waals surface area contributed by atoms with Gasteiger partial charge in [-0.05, 0) is 92.0 Å². The molecule has 0 unspecified atom stereocenters. The van der Waals surface area contributed by atoms with Crippen molar-refractivity contribution in [3.8, 4) is 33.4 Å². The quantitative estimate of drug-likeness (QED) is 0.161. The molecule has 0 aliphatic heterocycles. The number of hydrogen-bond acceptors (Lipinski definition) is 1. The topological polar surface area (TPSA) is 3.24 Å². The lowest BCUT2D eigenvalue weighted by Gasteiger charge is -2.28. The van der Waals surface area contributed by atoms with Crippen molar-refractivity contribution in [2.45, 2.75) is 19.3 Å². The first kappa shape index (κ1) is 29.5. The molecule has 0 atom stereocenters. The number of hydrogen-bond donors (Lipinski definition) is 0. The largest absolute Gasteiger partial charge is 0.310 e. The highest BCUT2D eigenvalue weighted by atomic mass is 15.1.